The van der Waals surface area contributed by atoms with Gasteiger partial charge in [0.2, 0.25) is 21.8 Å². The van der Waals surface area contributed by atoms with Gasteiger partial charge < -0.3 is 10.2 Å². The van der Waals surface area contributed by atoms with Gasteiger partial charge in [-0.1, -0.05) is 58.7 Å². The van der Waals surface area contributed by atoms with Crippen molar-refractivity contribution in [1.29, 1.82) is 0 Å². The van der Waals surface area contributed by atoms with Gasteiger partial charge in [0, 0.05) is 17.6 Å². The first kappa shape index (κ1) is 25.9. The van der Waals surface area contributed by atoms with Crippen molar-refractivity contribution >= 4 is 43.5 Å². The number of nitrogens with zero attached hydrogens (tertiary/aromatic N) is 2. The van der Waals surface area contributed by atoms with Crippen LogP contribution < -0.4 is 9.62 Å². The Kier molecular flexibility index (Phi) is 9.27. The van der Waals surface area contributed by atoms with Gasteiger partial charge in [-0.25, -0.2) is 8.42 Å². The van der Waals surface area contributed by atoms with E-state index in [4.69, 9.17) is 0 Å². The molecule has 9 heteroatoms. The van der Waals surface area contributed by atoms with Crippen molar-refractivity contribution in [2.24, 2.45) is 0 Å². The van der Waals surface area contributed by atoms with Gasteiger partial charge in [-0.05, 0) is 44.0 Å². The summed E-state index contributed by atoms with van der Waals surface area (Å²) in [5.41, 5.74) is 2.30. The highest BCUT2D eigenvalue weighted by Crippen LogP contribution is 2.23. The molecule has 0 heterocycles. The number of aryl methyl sites for hydroxylation is 1. The molecule has 7 nitrogen and oxygen atoms in total. The SMILES string of the molecule is CCCNC(=O)[C@@H](C)N(Cc1ccc(C)cc1)C(=O)CN(c1cccc(Br)c1)S(C)(=O)=O. The van der Waals surface area contributed by atoms with Crippen LogP contribution in [-0.4, -0.2) is 50.5 Å². The minimum atomic E-state index is -3.74. The van der Waals surface area contributed by atoms with Crippen LogP contribution in [0, 0.1) is 6.92 Å². The van der Waals surface area contributed by atoms with Crippen molar-refractivity contribution in [2.75, 3.05) is 23.7 Å². The summed E-state index contributed by atoms with van der Waals surface area (Å²) in [6.07, 6.45) is 1.83. The minimum absolute atomic E-state index is 0.190. The van der Waals surface area contributed by atoms with Crippen molar-refractivity contribution in [1.82, 2.24) is 10.2 Å². The Morgan fingerprint density at radius 2 is 1.78 bits per heavy atom. The van der Waals surface area contributed by atoms with Crippen LogP contribution in [0.5, 0.6) is 0 Å². The third kappa shape index (κ3) is 7.34. The molecule has 0 bridgehead atoms. The molecular formula is C23H30BrN3O4S. The van der Waals surface area contributed by atoms with Crippen LogP contribution >= 0.6 is 15.9 Å². The summed E-state index contributed by atoms with van der Waals surface area (Å²) in [4.78, 5) is 27.4. The number of amides is 2. The van der Waals surface area contributed by atoms with Crippen LogP contribution in [0.25, 0.3) is 0 Å². The summed E-state index contributed by atoms with van der Waals surface area (Å²) in [6, 6.07) is 13.6. The van der Waals surface area contributed by atoms with Crippen molar-refractivity contribution in [2.45, 2.75) is 39.8 Å². The molecule has 1 atom stereocenters. The monoisotopic (exact) mass is 523 g/mol. The van der Waals surface area contributed by atoms with E-state index < -0.39 is 28.5 Å². The molecule has 0 fully saturated rings. The molecular weight excluding hydrogens is 494 g/mol. The average Bonchev–Trinajstić information content (AvgIpc) is 2.73. The summed E-state index contributed by atoms with van der Waals surface area (Å²) < 4.78 is 26.8. The molecule has 32 heavy (non-hydrogen) atoms. The number of halogens is 1. The number of hydrogen-bond acceptors (Lipinski definition) is 4. The van der Waals surface area contributed by atoms with Gasteiger partial charge in [-0.3, -0.25) is 13.9 Å². The highest BCUT2D eigenvalue weighted by molar-refractivity contribution is 9.10. The first-order valence-corrected chi connectivity index (χ1v) is 13.0. The van der Waals surface area contributed by atoms with Crippen LogP contribution in [0.15, 0.2) is 53.0 Å². The molecule has 2 aromatic rings. The molecule has 0 aromatic heterocycles. The number of nitrogens with one attached hydrogen (secondary N) is 1. The number of rotatable bonds is 10. The second-order valence-corrected chi connectivity index (χ2v) is 10.5. The highest BCUT2D eigenvalue weighted by Gasteiger charge is 2.30. The van der Waals surface area contributed by atoms with E-state index in [-0.39, 0.29) is 12.5 Å². The molecule has 1 N–H and O–H groups in total. The van der Waals surface area contributed by atoms with E-state index in [1.807, 2.05) is 38.1 Å². The van der Waals surface area contributed by atoms with Gasteiger partial charge in [-0.15, -0.1) is 0 Å². The van der Waals surface area contributed by atoms with Gasteiger partial charge in [0.25, 0.3) is 0 Å². The highest BCUT2D eigenvalue weighted by atomic mass is 79.9. The summed E-state index contributed by atoms with van der Waals surface area (Å²) in [5.74, 6) is -0.740. The Hall–Kier alpha value is -2.39. The number of sulfonamides is 1. The lowest BCUT2D eigenvalue weighted by atomic mass is 10.1. The second kappa shape index (κ2) is 11.5. The Bertz CT molecular complexity index is 1040. The van der Waals surface area contributed by atoms with Gasteiger partial charge in [0.05, 0.1) is 11.9 Å². The van der Waals surface area contributed by atoms with Crippen LogP contribution in [0.1, 0.15) is 31.4 Å². The Morgan fingerprint density at radius 3 is 2.34 bits per heavy atom. The number of carbonyl (C=O) groups excluding carboxylic acids is 2. The number of anilines is 1. The third-order valence-corrected chi connectivity index (χ3v) is 6.60. The van der Waals surface area contributed by atoms with Crippen molar-refractivity contribution in [3.05, 3.63) is 64.1 Å². The van der Waals surface area contributed by atoms with Gasteiger partial charge in [-0.2, -0.15) is 0 Å². The van der Waals surface area contributed by atoms with E-state index in [0.29, 0.717) is 16.7 Å². The van der Waals surface area contributed by atoms with Crippen LogP contribution in [0.3, 0.4) is 0 Å². The Balaban J connectivity index is 2.35. The molecule has 0 unspecified atom stereocenters. The normalized spacial score (nSPS) is 12.2. The predicted octanol–water partition coefficient (Wildman–Crippen LogP) is 3.47. The molecule has 0 spiro atoms. The second-order valence-electron chi connectivity index (χ2n) is 7.72. The maximum Gasteiger partial charge on any atom is 0.244 e. The molecule has 0 aliphatic rings. The molecule has 0 aliphatic carbocycles. The van der Waals surface area contributed by atoms with Crippen molar-refractivity contribution < 1.29 is 18.0 Å². The largest absolute Gasteiger partial charge is 0.354 e. The molecule has 0 saturated heterocycles. The summed E-state index contributed by atoms with van der Waals surface area (Å²) in [7, 11) is -3.74. The molecule has 2 aromatic carbocycles. The fraction of sp³-hybridized carbons (Fsp3) is 0.391. The zero-order valence-electron chi connectivity index (χ0n) is 18.8. The fourth-order valence-electron chi connectivity index (χ4n) is 3.11. The molecule has 0 saturated carbocycles. The molecule has 2 rings (SSSR count). The maximum absolute atomic E-state index is 13.4. The fourth-order valence-corrected chi connectivity index (χ4v) is 4.34. The van der Waals surface area contributed by atoms with Gasteiger partial charge in [0.1, 0.15) is 12.6 Å². The topological polar surface area (TPSA) is 86.8 Å². The van der Waals surface area contributed by atoms with Crippen LogP contribution in [0.2, 0.25) is 0 Å². The zero-order valence-corrected chi connectivity index (χ0v) is 21.2. The minimum Gasteiger partial charge on any atom is -0.354 e. The van der Waals surface area contributed by atoms with E-state index >= 15 is 0 Å². The van der Waals surface area contributed by atoms with E-state index in [1.165, 1.54) is 4.90 Å². The number of benzene rings is 2. The van der Waals surface area contributed by atoms with Crippen molar-refractivity contribution in [3.63, 3.8) is 0 Å². The molecule has 0 radical (unpaired) electrons. The van der Waals surface area contributed by atoms with E-state index in [1.54, 1.807) is 31.2 Å². The average molecular weight is 524 g/mol. The van der Waals surface area contributed by atoms with E-state index in [9.17, 15) is 18.0 Å². The Morgan fingerprint density at radius 1 is 1.12 bits per heavy atom. The lowest BCUT2D eigenvalue weighted by molar-refractivity contribution is -0.139. The quantitative estimate of drug-likeness (QED) is 0.516. The Labute approximate surface area is 199 Å². The molecule has 0 aliphatic heterocycles. The van der Waals surface area contributed by atoms with E-state index in [2.05, 4.69) is 21.2 Å². The summed E-state index contributed by atoms with van der Waals surface area (Å²) in [5, 5.41) is 2.81. The first-order valence-electron chi connectivity index (χ1n) is 10.4. The standard InChI is InChI=1S/C23H30BrN3O4S/c1-5-13-25-23(29)18(3)26(15-19-11-9-17(2)10-12-19)22(28)16-27(32(4,30)31)21-8-6-7-20(24)14-21/h6-12,14,18H,5,13,15-16H2,1-4H3,(H,25,29)/t18-/m1/s1. The van der Waals surface area contributed by atoms with E-state index in [0.717, 1.165) is 28.1 Å². The third-order valence-electron chi connectivity index (χ3n) is 4.97. The number of hydrogen-bond donors (Lipinski definition) is 1. The lowest BCUT2D eigenvalue weighted by Gasteiger charge is -2.31. The lowest BCUT2D eigenvalue weighted by Crippen LogP contribution is -2.51. The zero-order chi connectivity index (χ0) is 23.9. The number of carbonyl (C=O) groups is 2. The van der Waals surface area contributed by atoms with Gasteiger partial charge >= 0.3 is 0 Å². The first-order chi connectivity index (χ1) is 15.0. The van der Waals surface area contributed by atoms with Gasteiger partial charge in [0.15, 0.2) is 0 Å². The maximum atomic E-state index is 13.4. The smallest absolute Gasteiger partial charge is 0.244 e. The summed E-state index contributed by atoms with van der Waals surface area (Å²) in [6.45, 7) is 5.85. The van der Waals surface area contributed by atoms with Crippen LogP contribution in [0.4, 0.5) is 5.69 Å². The molecule has 174 valence electrons. The molecule has 2 amide bonds. The van der Waals surface area contributed by atoms with Crippen LogP contribution in [-0.2, 0) is 26.2 Å². The predicted molar refractivity (Wildman–Crippen MR) is 131 cm³/mol. The summed E-state index contributed by atoms with van der Waals surface area (Å²) >= 11 is 3.34. The van der Waals surface area contributed by atoms with Crippen molar-refractivity contribution in [3.8, 4) is 0 Å².